The minimum absolute atomic E-state index is 0.122. The number of benzene rings is 4. The van der Waals surface area contributed by atoms with E-state index in [0.29, 0.717) is 245 Å². The Morgan fingerprint density at radius 2 is 0.632 bits per heavy atom. The fraction of sp³-hybridized carbons (Fsp3) is 0.553. The molecule has 2 aliphatic rings. The van der Waals surface area contributed by atoms with Gasteiger partial charge in [-0.05, 0) is 142 Å². The van der Waals surface area contributed by atoms with Crippen LogP contribution in [0.5, 0.6) is 23.0 Å². The fourth-order valence-electron chi connectivity index (χ4n) is 10.7. The van der Waals surface area contributed by atoms with E-state index >= 15 is 0 Å². The van der Waals surface area contributed by atoms with Gasteiger partial charge in [0.2, 0.25) is 0 Å². The zero-order valence-electron chi connectivity index (χ0n) is 62.7. The normalized spacial score (nSPS) is 12.1. The lowest BCUT2D eigenvalue weighted by Crippen LogP contribution is -2.34. The number of alkyl carbamates (subject to hydrolysis) is 2. The molecule has 7 aromatic rings. The predicted molar refractivity (Wildman–Crippen MR) is 397 cm³/mol. The molecule has 0 radical (unpaired) electrons. The second-order valence-corrected chi connectivity index (χ2v) is 26.0. The van der Waals surface area contributed by atoms with Gasteiger partial charge in [-0.15, -0.1) is 0 Å². The van der Waals surface area contributed by atoms with Crippen LogP contribution in [-0.2, 0) is 66.3 Å². The molecule has 0 saturated carbocycles. The minimum Gasteiger partial charge on any atom is -0.492 e. The quantitative estimate of drug-likeness (QED) is 0.0257. The highest BCUT2D eigenvalue weighted by Crippen LogP contribution is 2.40. The molecule has 8 bridgehead atoms. The molecule has 0 aliphatic carbocycles. The van der Waals surface area contributed by atoms with E-state index in [4.69, 9.17) is 115 Å². The number of ether oxygens (including phenoxy) is 18. The molecule has 0 fully saturated rings. The van der Waals surface area contributed by atoms with Gasteiger partial charge in [-0.2, -0.15) is 0 Å². The number of hydrogen-bond acceptors (Lipinski definition) is 26. The van der Waals surface area contributed by atoms with E-state index in [0.717, 1.165) is 0 Å². The van der Waals surface area contributed by atoms with Gasteiger partial charge in [0, 0.05) is 70.2 Å². The molecule has 4 N–H and O–H groups in total. The summed E-state index contributed by atoms with van der Waals surface area (Å²) in [6, 6.07) is 22.3. The third-order valence-electron chi connectivity index (χ3n) is 15.4. The Kier molecular flexibility index (Phi) is 32.9. The standard InChI is InChI=1S/C76H104N10O20/c1-11-89-27-31-93-35-39-97-47-55(48-98-40-36-94-32-28-90-12-2)103-53-17-21-59-63(45-53)72-84-67(59)82-70-61-43-51(101-25-23-77-73(87)105-75(5,6)7)15-19-57(61)65(80-70)79-69-62-44-52(102-26-24-78-74(88)106-76(8,9)10)16-20-58(62)66(81-69)83-71-64-46-54(18-22-60(64)68(85-71)86-72)104-56(49-99-41-37-95-33-29-91-13-3)50-100-42-38-96-34-30-92-14-4/h15-22,43-46,55-56H,11-14,23-42,47-50H2,1-10H3,(H,77,87)(H,78,88)(H2,79,80,81,82,83,84,85,86). The second kappa shape index (κ2) is 42.7. The number of carbonyl (C=O) groups is 2. The molecule has 30 nitrogen and oxygen atoms in total. The summed E-state index contributed by atoms with van der Waals surface area (Å²) in [5.74, 6) is 3.16. The highest BCUT2D eigenvalue weighted by Gasteiger charge is 2.26. The van der Waals surface area contributed by atoms with Crippen LogP contribution in [0.25, 0.3) is 89.7 Å². The second-order valence-electron chi connectivity index (χ2n) is 26.0. The Balaban J connectivity index is 1.15. The van der Waals surface area contributed by atoms with Crippen LogP contribution in [0, 0.1) is 0 Å². The first-order valence-corrected chi connectivity index (χ1v) is 36.3. The van der Waals surface area contributed by atoms with Gasteiger partial charge in [-0.1, -0.05) is 0 Å². The molecule has 0 saturated heterocycles. The Morgan fingerprint density at radius 1 is 0.340 bits per heavy atom. The van der Waals surface area contributed by atoms with Crippen molar-refractivity contribution in [2.24, 2.45) is 0 Å². The van der Waals surface area contributed by atoms with Crippen molar-refractivity contribution in [2.75, 3.05) is 185 Å². The maximum atomic E-state index is 12.6. The Bertz CT molecular complexity index is 4010. The van der Waals surface area contributed by atoms with Crippen LogP contribution >= 0.6 is 0 Å². The summed E-state index contributed by atoms with van der Waals surface area (Å²) in [4.78, 5) is 63.9. The van der Waals surface area contributed by atoms with Gasteiger partial charge in [0.05, 0.1) is 145 Å². The highest BCUT2D eigenvalue weighted by molar-refractivity contribution is 6.07. The lowest BCUT2D eigenvalue weighted by molar-refractivity contribution is -0.0384. The van der Waals surface area contributed by atoms with Crippen molar-refractivity contribution in [3.05, 3.63) is 72.8 Å². The maximum Gasteiger partial charge on any atom is 0.407 e. The van der Waals surface area contributed by atoms with Crippen molar-refractivity contribution < 1.29 is 94.9 Å². The van der Waals surface area contributed by atoms with Gasteiger partial charge in [0.1, 0.15) is 82.2 Å². The van der Waals surface area contributed by atoms with Gasteiger partial charge < -0.3 is 106 Å². The monoisotopic (exact) mass is 1480 g/mol. The number of aromatic nitrogens is 8. The van der Waals surface area contributed by atoms with E-state index in [1.54, 1.807) is 41.5 Å². The molecule has 5 heterocycles. The molecule has 0 atom stereocenters. The van der Waals surface area contributed by atoms with Crippen LogP contribution < -0.4 is 29.6 Å². The van der Waals surface area contributed by atoms with E-state index in [1.807, 2.05) is 100 Å². The van der Waals surface area contributed by atoms with Gasteiger partial charge in [-0.25, -0.2) is 39.5 Å². The summed E-state index contributed by atoms with van der Waals surface area (Å²) < 4.78 is 106. The molecule has 3 aromatic heterocycles. The molecule has 578 valence electrons. The molecule has 30 heteroatoms. The summed E-state index contributed by atoms with van der Waals surface area (Å²) in [5, 5.41) is 8.10. The maximum absolute atomic E-state index is 12.6. The zero-order chi connectivity index (χ0) is 74.9. The SMILES string of the molecule is CCOCCOCCOCC(COCCOCCOCC)Oc1ccc2c(c1)-c1nc-2nc2[nH]c(nc3nc(nc4[nH]c(n1)c1ccc(OC(COCCOCCOCC)COCCOCCOCC)cc41)-c1ccc(OCCNC(=O)OC(C)(C)C)cc1-3)c1ccc(OCCNC(=O)OC(C)(C)C)cc21. The first-order chi connectivity index (χ1) is 51.5. The number of rotatable bonds is 48. The number of nitrogens with one attached hydrogen (secondary N) is 4. The lowest BCUT2D eigenvalue weighted by Gasteiger charge is -2.20. The lowest BCUT2D eigenvalue weighted by atomic mass is 10.1. The summed E-state index contributed by atoms with van der Waals surface area (Å²) >= 11 is 0. The number of hydrogen-bond donors (Lipinski definition) is 4. The number of nitrogens with zero attached hydrogens (tertiary/aromatic N) is 6. The van der Waals surface area contributed by atoms with Crippen LogP contribution in [0.2, 0.25) is 0 Å². The van der Waals surface area contributed by atoms with Crippen molar-refractivity contribution >= 4 is 56.3 Å². The van der Waals surface area contributed by atoms with E-state index in [1.165, 1.54) is 0 Å². The molecular weight excluding hydrogens is 1370 g/mol. The van der Waals surface area contributed by atoms with Gasteiger partial charge >= 0.3 is 12.2 Å². The molecule has 4 aromatic carbocycles. The summed E-state index contributed by atoms with van der Waals surface area (Å²) in [7, 11) is 0. The van der Waals surface area contributed by atoms with E-state index in [9.17, 15) is 9.59 Å². The van der Waals surface area contributed by atoms with Crippen LogP contribution in [0.4, 0.5) is 9.59 Å². The molecule has 9 rings (SSSR count). The average Bonchev–Trinajstić information content (AvgIpc) is 1.48. The fourth-order valence-corrected chi connectivity index (χ4v) is 10.7. The Labute approximate surface area is 618 Å². The summed E-state index contributed by atoms with van der Waals surface area (Å²) in [6.07, 6.45) is -2.27. The van der Waals surface area contributed by atoms with Crippen LogP contribution in [-0.4, -0.2) is 260 Å². The minimum atomic E-state index is -0.677. The molecular formula is C76H104N10O20. The molecule has 106 heavy (non-hydrogen) atoms. The first kappa shape index (κ1) is 81.6. The highest BCUT2D eigenvalue weighted by atomic mass is 16.6. The topological polar surface area (TPSA) is 333 Å². The third kappa shape index (κ3) is 26.5. The first-order valence-electron chi connectivity index (χ1n) is 36.3. The van der Waals surface area contributed by atoms with Crippen molar-refractivity contribution in [3.8, 4) is 68.5 Å². The van der Waals surface area contributed by atoms with Crippen LogP contribution in [0.15, 0.2) is 72.8 Å². The average molecular weight is 1480 g/mol. The molecule has 0 spiro atoms. The van der Waals surface area contributed by atoms with Crippen molar-refractivity contribution in [1.29, 1.82) is 0 Å². The van der Waals surface area contributed by atoms with Crippen LogP contribution in [0.3, 0.4) is 0 Å². The molecule has 0 unspecified atom stereocenters. The largest absolute Gasteiger partial charge is 0.492 e. The van der Waals surface area contributed by atoms with E-state index in [2.05, 4.69) is 20.6 Å². The number of fused-ring (bicyclic) bond motifs is 20. The van der Waals surface area contributed by atoms with E-state index in [-0.39, 0.29) is 52.7 Å². The number of carbonyl (C=O) groups excluding carboxylic acids is 2. The van der Waals surface area contributed by atoms with Gasteiger partial charge in [0.25, 0.3) is 0 Å². The number of H-pyrrole nitrogens is 2. The smallest absolute Gasteiger partial charge is 0.407 e. The number of aromatic amines is 2. The van der Waals surface area contributed by atoms with E-state index < -0.39 is 35.6 Å². The summed E-state index contributed by atoms with van der Waals surface area (Å²) in [6.45, 7) is 28.7. The summed E-state index contributed by atoms with van der Waals surface area (Å²) in [5.41, 5.74) is 2.69. The van der Waals surface area contributed by atoms with Gasteiger partial charge in [0.15, 0.2) is 23.3 Å². The predicted octanol–water partition coefficient (Wildman–Crippen LogP) is 10.4. The third-order valence-corrected chi connectivity index (χ3v) is 15.4. The zero-order valence-corrected chi connectivity index (χ0v) is 62.7. The van der Waals surface area contributed by atoms with Gasteiger partial charge in [-0.3, -0.25) is 0 Å². The van der Waals surface area contributed by atoms with Crippen molar-refractivity contribution in [2.45, 2.75) is 92.6 Å². The van der Waals surface area contributed by atoms with Crippen molar-refractivity contribution in [3.63, 3.8) is 0 Å². The Hall–Kier alpha value is -8.50. The number of amides is 2. The molecule has 2 amide bonds. The van der Waals surface area contributed by atoms with Crippen molar-refractivity contribution in [1.82, 2.24) is 50.5 Å². The Morgan fingerprint density at radius 3 is 1.01 bits per heavy atom. The van der Waals surface area contributed by atoms with Crippen LogP contribution in [0.1, 0.15) is 69.2 Å². The molecule has 2 aliphatic heterocycles.